The molecule has 19 heavy (non-hydrogen) atoms. The van der Waals surface area contributed by atoms with Crippen LogP contribution in [0.4, 0.5) is 0 Å². The van der Waals surface area contributed by atoms with E-state index in [4.69, 9.17) is 14.4 Å². The van der Waals surface area contributed by atoms with Crippen molar-refractivity contribution in [3.8, 4) is 6.07 Å². The Kier molecular flexibility index (Phi) is 3.68. The lowest BCUT2D eigenvalue weighted by Crippen LogP contribution is -2.44. The predicted octanol–water partition coefficient (Wildman–Crippen LogP) is 3.78. The third-order valence-electron chi connectivity index (χ3n) is 4.96. The Morgan fingerprint density at radius 3 is 2.79 bits per heavy atom. The molecule has 1 heterocycles. The van der Waals surface area contributed by atoms with Crippen LogP contribution in [-0.2, 0) is 9.16 Å². The molecule has 1 saturated heterocycles. The summed E-state index contributed by atoms with van der Waals surface area (Å²) in [6.07, 6.45) is 5.16. The van der Waals surface area contributed by atoms with Gasteiger partial charge in [-0.15, -0.1) is 0 Å². The molecule has 0 bridgehead atoms. The number of nitriles is 1. The maximum atomic E-state index is 8.91. The van der Waals surface area contributed by atoms with E-state index in [9.17, 15) is 0 Å². The highest BCUT2D eigenvalue weighted by Gasteiger charge is 2.61. The van der Waals surface area contributed by atoms with Crippen molar-refractivity contribution in [3.05, 3.63) is 11.6 Å². The molecule has 1 saturated carbocycles. The Labute approximate surface area is 117 Å². The van der Waals surface area contributed by atoms with E-state index < -0.39 is 8.32 Å². The van der Waals surface area contributed by atoms with E-state index in [0.29, 0.717) is 6.61 Å². The van der Waals surface area contributed by atoms with Crippen LogP contribution in [0.3, 0.4) is 0 Å². The van der Waals surface area contributed by atoms with Crippen LogP contribution >= 0.6 is 0 Å². The van der Waals surface area contributed by atoms with Crippen molar-refractivity contribution < 1.29 is 9.16 Å². The van der Waals surface area contributed by atoms with Gasteiger partial charge in [-0.3, -0.25) is 0 Å². The second-order valence-electron chi connectivity index (χ2n) is 7.24. The summed E-state index contributed by atoms with van der Waals surface area (Å²) < 4.78 is 12.2. The fourth-order valence-electron chi connectivity index (χ4n) is 2.48. The summed E-state index contributed by atoms with van der Waals surface area (Å²) in [4.78, 5) is 0. The van der Waals surface area contributed by atoms with Gasteiger partial charge in [0.2, 0.25) is 0 Å². The fraction of sp³-hybridized carbons (Fsp3) is 0.800. The second-order valence-corrected chi connectivity index (χ2v) is 12.0. The highest BCUT2D eigenvalue weighted by Crippen LogP contribution is 2.52. The van der Waals surface area contributed by atoms with E-state index in [-0.39, 0.29) is 16.7 Å². The zero-order valence-corrected chi connectivity index (χ0v) is 13.7. The molecule has 0 aromatic rings. The number of ether oxygens (including phenoxy) is 1. The molecule has 1 aliphatic carbocycles. The first-order valence-corrected chi connectivity index (χ1v) is 10.0. The van der Waals surface area contributed by atoms with Gasteiger partial charge in [0.15, 0.2) is 8.32 Å². The monoisotopic (exact) mass is 279 g/mol. The summed E-state index contributed by atoms with van der Waals surface area (Å²) in [6.45, 7) is 11.9. The maximum Gasteiger partial charge on any atom is 0.192 e. The third-order valence-corrected chi connectivity index (χ3v) is 9.44. The minimum atomic E-state index is -1.75. The molecule has 2 fully saturated rings. The predicted molar refractivity (Wildman–Crippen MR) is 78.3 cm³/mol. The molecule has 2 atom stereocenters. The van der Waals surface area contributed by atoms with Crippen molar-refractivity contribution in [2.45, 2.75) is 69.9 Å². The van der Waals surface area contributed by atoms with Crippen molar-refractivity contribution >= 4 is 8.32 Å². The molecule has 1 aliphatic heterocycles. The largest absolute Gasteiger partial charge is 0.413 e. The molecular weight excluding hydrogens is 254 g/mol. The van der Waals surface area contributed by atoms with Gasteiger partial charge in [0.25, 0.3) is 0 Å². The van der Waals surface area contributed by atoms with E-state index >= 15 is 0 Å². The summed E-state index contributed by atoms with van der Waals surface area (Å²) >= 11 is 0. The van der Waals surface area contributed by atoms with Gasteiger partial charge in [-0.05, 0) is 43.0 Å². The molecule has 0 radical (unpaired) electrons. The average molecular weight is 279 g/mol. The summed E-state index contributed by atoms with van der Waals surface area (Å²) in [5.41, 5.74) is 0.883. The lowest BCUT2D eigenvalue weighted by molar-refractivity contribution is 0.196. The van der Waals surface area contributed by atoms with E-state index in [1.165, 1.54) is 0 Å². The second kappa shape index (κ2) is 4.73. The molecule has 4 heteroatoms. The molecular formula is C15H25NO2Si. The lowest BCUT2D eigenvalue weighted by atomic mass is 9.84. The number of fused-ring (bicyclic) bond motifs is 1. The topological polar surface area (TPSA) is 45.5 Å². The number of allylic oxidation sites excluding steroid dienone is 1. The van der Waals surface area contributed by atoms with Crippen LogP contribution in [0.25, 0.3) is 0 Å². The van der Waals surface area contributed by atoms with Gasteiger partial charge in [-0.2, -0.15) is 5.26 Å². The highest BCUT2D eigenvalue weighted by molar-refractivity contribution is 6.74. The van der Waals surface area contributed by atoms with Crippen LogP contribution in [0.15, 0.2) is 11.6 Å². The van der Waals surface area contributed by atoms with Crippen molar-refractivity contribution in [3.63, 3.8) is 0 Å². The van der Waals surface area contributed by atoms with Gasteiger partial charge < -0.3 is 9.16 Å². The van der Waals surface area contributed by atoms with Gasteiger partial charge in [-0.1, -0.05) is 20.8 Å². The van der Waals surface area contributed by atoms with Crippen LogP contribution in [0, 0.1) is 11.3 Å². The Morgan fingerprint density at radius 2 is 2.21 bits per heavy atom. The first-order valence-electron chi connectivity index (χ1n) is 7.14. The molecule has 106 valence electrons. The molecule has 0 N–H and O–H groups in total. The van der Waals surface area contributed by atoms with E-state index in [0.717, 1.165) is 24.8 Å². The zero-order chi connectivity index (χ0) is 14.3. The van der Waals surface area contributed by atoms with Crippen LogP contribution in [0.2, 0.25) is 18.1 Å². The molecule has 2 unspecified atom stereocenters. The fourth-order valence-corrected chi connectivity index (χ4v) is 3.49. The summed E-state index contributed by atoms with van der Waals surface area (Å²) in [5.74, 6) is 0. The number of epoxide rings is 1. The normalized spacial score (nSPS) is 32.8. The molecule has 0 aromatic carbocycles. The molecule has 3 nitrogen and oxygen atoms in total. The Hall–Kier alpha value is -0.633. The number of hydrogen-bond acceptors (Lipinski definition) is 3. The van der Waals surface area contributed by atoms with Gasteiger partial charge in [0.1, 0.15) is 5.60 Å². The molecule has 0 amide bonds. The quantitative estimate of drug-likeness (QED) is 0.448. The van der Waals surface area contributed by atoms with Crippen LogP contribution < -0.4 is 0 Å². The maximum absolute atomic E-state index is 8.91. The average Bonchev–Trinajstić information content (AvgIpc) is 3.01. The smallest absolute Gasteiger partial charge is 0.192 e. The minimum Gasteiger partial charge on any atom is -0.413 e. The Balaban J connectivity index is 2.07. The van der Waals surface area contributed by atoms with Crippen LogP contribution in [-0.4, -0.2) is 26.6 Å². The highest BCUT2D eigenvalue weighted by atomic mass is 28.4. The number of hydrogen-bond donors (Lipinski definition) is 0. The van der Waals surface area contributed by atoms with Crippen molar-refractivity contribution in [2.24, 2.45) is 0 Å². The van der Waals surface area contributed by atoms with Crippen molar-refractivity contribution in [2.75, 3.05) is 6.61 Å². The summed E-state index contributed by atoms with van der Waals surface area (Å²) in [5, 5.41) is 9.12. The van der Waals surface area contributed by atoms with E-state index in [1.807, 2.05) is 0 Å². The van der Waals surface area contributed by atoms with Gasteiger partial charge in [0.05, 0.1) is 18.8 Å². The summed E-state index contributed by atoms with van der Waals surface area (Å²) in [6, 6.07) is 2.16. The third kappa shape index (κ3) is 2.65. The SMILES string of the molecule is CC(C)(C)[Si](C)(C)OCC12OC1CCC/C2=C\C#N. The first kappa shape index (κ1) is 14.8. The Morgan fingerprint density at radius 1 is 1.53 bits per heavy atom. The van der Waals surface area contributed by atoms with Gasteiger partial charge in [0, 0.05) is 6.08 Å². The zero-order valence-electron chi connectivity index (χ0n) is 12.7. The van der Waals surface area contributed by atoms with Gasteiger partial charge >= 0.3 is 0 Å². The number of rotatable bonds is 3. The van der Waals surface area contributed by atoms with Crippen LogP contribution in [0.5, 0.6) is 0 Å². The molecule has 2 aliphatic rings. The molecule has 0 spiro atoms. The van der Waals surface area contributed by atoms with Gasteiger partial charge in [-0.25, -0.2) is 0 Å². The summed E-state index contributed by atoms with van der Waals surface area (Å²) in [7, 11) is -1.75. The molecule has 0 aromatic heterocycles. The van der Waals surface area contributed by atoms with Crippen molar-refractivity contribution in [1.82, 2.24) is 0 Å². The molecule has 2 rings (SSSR count). The lowest BCUT2D eigenvalue weighted by Gasteiger charge is -2.37. The van der Waals surface area contributed by atoms with E-state index in [1.54, 1.807) is 6.08 Å². The van der Waals surface area contributed by atoms with E-state index in [2.05, 4.69) is 39.9 Å². The number of nitrogens with zero attached hydrogens (tertiary/aromatic N) is 1. The standard InChI is InChI=1S/C15H25NO2Si/c1-14(2,3)19(4,5)17-11-15-12(9-10-16)7-6-8-13(15)18-15/h9,13H,6-8,11H2,1-5H3/b12-9+. The van der Waals surface area contributed by atoms with Crippen LogP contribution in [0.1, 0.15) is 40.0 Å². The Bertz CT molecular complexity index is 430. The minimum absolute atomic E-state index is 0.210. The van der Waals surface area contributed by atoms with Crippen molar-refractivity contribution in [1.29, 1.82) is 5.26 Å². The first-order chi connectivity index (χ1) is 8.73.